The number of benzene rings is 1. The predicted octanol–water partition coefficient (Wildman–Crippen LogP) is 2.68. The van der Waals surface area contributed by atoms with Crippen molar-refractivity contribution in [3.05, 3.63) is 34.1 Å². The first-order chi connectivity index (χ1) is 10.2. The summed E-state index contributed by atoms with van der Waals surface area (Å²) in [6.07, 6.45) is 2.61. The Hall–Kier alpha value is -0.530. The van der Waals surface area contributed by atoms with Gasteiger partial charge >= 0.3 is 0 Å². The Labute approximate surface area is 132 Å². The van der Waals surface area contributed by atoms with Crippen molar-refractivity contribution in [1.29, 1.82) is 0 Å². The van der Waals surface area contributed by atoms with Gasteiger partial charge in [-0.3, -0.25) is 11.3 Å². The topological polar surface area (TPSA) is 56.5 Å². The number of rotatable bonds is 3. The Morgan fingerprint density at radius 3 is 3.00 bits per heavy atom. The van der Waals surface area contributed by atoms with E-state index in [4.69, 9.17) is 15.3 Å². The van der Waals surface area contributed by atoms with Crippen LogP contribution in [0.25, 0.3) is 0 Å². The molecule has 3 atom stereocenters. The molecule has 0 radical (unpaired) electrons. The molecule has 0 saturated carbocycles. The molecule has 2 fully saturated rings. The first kappa shape index (κ1) is 15.4. The summed E-state index contributed by atoms with van der Waals surface area (Å²) in [5, 5.41) is 0. The van der Waals surface area contributed by atoms with Crippen molar-refractivity contribution in [3.63, 3.8) is 0 Å². The van der Waals surface area contributed by atoms with Crippen molar-refractivity contribution in [1.82, 2.24) is 5.43 Å². The number of halogens is 2. The van der Waals surface area contributed by atoms with Crippen molar-refractivity contribution in [2.24, 2.45) is 11.8 Å². The molecular weight excluding hydrogens is 339 g/mol. The van der Waals surface area contributed by atoms with Crippen LogP contribution in [0, 0.1) is 11.7 Å². The molecule has 1 aromatic rings. The molecule has 2 aliphatic heterocycles. The van der Waals surface area contributed by atoms with Gasteiger partial charge in [0.1, 0.15) is 5.82 Å². The molecule has 116 valence electrons. The lowest BCUT2D eigenvalue weighted by Crippen LogP contribution is -2.45. The van der Waals surface area contributed by atoms with Crippen LogP contribution in [0.15, 0.2) is 22.7 Å². The Morgan fingerprint density at radius 2 is 2.29 bits per heavy atom. The molecule has 0 amide bonds. The van der Waals surface area contributed by atoms with Crippen molar-refractivity contribution < 1.29 is 13.9 Å². The average molecular weight is 359 g/mol. The standard InChI is InChI=1S/C15H20BrFN2O2/c16-12-3-1-2-11(13(12)17)14(19-18)10-4-6-21-15(8-10)5-7-20-9-15/h1-3,10,14,19H,4-9,18H2. The molecule has 1 spiro atoms. The zero-order chi connectivity index (χ0) is 14.9. The first-order valence-corrected chi connectivity index (χ1v) is 8.06. The summed E-state index contributed by atoms with van der Waals surface area (Å²) >= 11 is 3.24. The van der Waals surface area contributed by atoms with E-state index in [2.05, 4.69) is 21.4 Å². The van der Waals surface area contributed by atoms with Gasteiger partial charge in [-0.1, -0.05) is 12.1 Å². The van der Waals surface area contributed by atoms with Crippen LogP contribution in [0.5, 0.6) is 0 Å². The fraction of sp³-hybridized carbons (Fsp3) is 0.600. The summed E-state index contributed by atoms with van der Waals surface area (Å²) < 4.78 is 26.3. The second-order valence-corrected chi connectivity index (χ2v) is 6.73. The molecule has 2 aliphatic rings. The molecule has 3 rings (SSSR count). The molecule has 21 heavy (non-hydrogen) atoms. The van der Waals surface area contributed by atoms with E-state index in [9.17, 15) is 4.39 Å². The maximum atomic E-state index is 14.4. The molecule has 0 aliphatic carbocycles. The van der Waals surface area contributed by atoms with Gasteiger partial charge in [-0.05, 0) is 40.8 Å². The molecular formula is C15H20BrFN2O2. The number of hydrogen-bond donors (Lipinski definition) is 2. The van der Waals surface area contributed by atoms with E-state index >= 15 is 0 Å². The zero-order valence-corrected chi connectivity index (χ0v) is 13.4. The van der Waals surface area contributed by atoms with Crippen LogP contribution in [0.2, 0.25) is 0 Å². The SMILES string of the molecule is NNC(c1cccc(Br)c1F)C1CCOC2(CCOC2)C1. The summed E-state index contributed by atoms with van der Waals surface area (Å²) in [4.78, 5) is 0. The van der Waals surface area contributed by atoms with Crippen molar-refractivity contribution in [2.75, 3.05) is 19.8 Å². The van der Waals surface area contributed by atoms with Gasteiger partial charge in [0.2, 0.25) is 0 Å². The number of ether oxygens (including phenoxy) is 2. The van der Waals surface area contributed by atoms with Gasteiger partial charge in [0.05, 0.1) is 22.7 Å². The Morgan fingerprint density at radius 1 is 1.43 bits per heavy atom. The van der Waals surface area contributed by atoms with E-state index in [1.54, 1.807) is 12.1 Å². The normalized spacial score (nSPS) is 30.7. The van der Waals surface area contributed by atoms with E-state index in [0.29, 0.717) is 23.2 Å². The lowest BCUT2D eigenvalue weighted by atomic mass is 9.79. The minimum absolute atomic E-state index is 0.208. The summed E-state index contributed by atoms with van der Waals surface area (Å²) in [5.41, 5.74) is 3.20. The Kier molecular flexibility index (Phi) is 4.61. The molecule has 1 aromatic carbocycles. The summed E-state index contributed by atoms with van der Waals surface area (Å²) in [5.74, 6) is 5.72. The summed E-state index contributed by atoms with van der Waals surface area (Å²) in [6, 6.07) is 5.10. The van der Waals surface area contributed by atoms with Crippen LogP contribution < -0.4 is 11.3 Å². The van der Waals surface area contributed by atoms with Crippen LogP contribution >= 0.6 is 15.9 Å². The van der Waals surface area contributed by atoms with E-state index in [1.165, 1.54) is 0 Å². The van der Waals surface area contributed by atoms with Crippen LogP contribution in [0.1, 0.15) is 30.9 Å². The number of nitrogens with one attached hydrogen (secondary N) is 1. The highest BCUT2D eigenvalue weighted by atomic mass is 79.9. The van der Waals surface area contributed by atoms with E-state index < -0.39 is 0 Å². The van der Waals surface area contributed by atoms with Crippen LogP contribution in [-0.4, -0.2) is 25.4 Å². The number of hydrogen-bond acceptors (Lipinski definition) is 4. The highest BCUT2D eigenvalue weighted by Gasteiger charge is 2.43. The lowest BCUT2D eigenvalue weighted by Gasteiger charge is -2.40. The average Bonchev–Trinajstić information content (AvgIpc) is 2.92. The Balaban J connectivity index is 1.84. The summed E-state index contributed by atoms with van der Waals surface area (Å²) in [7, 11) is 0. The van der Waals surface area contributed by atoms with Crippen LogP contribution in [0.3, 0.4) is 0 Å². The minimum atomic E-state index is -0.247. The highest BCUT2D eigenvalue weighted by Crippen LogP contribution is 2.41. The third-order valence-electron chi connectivity index (χ3n) is 4.57. The maximum absolute atomic E-state index is 14.4. The molecule has 0 bridgehead atoms. The van der Waals surface area contributed by atoms with Gasteiger partial charge < -0.3 is 9.47 Å². The van der Waals surface area contributed by atoms with Gasteiger partial charge in [0, 0.05) is 25.2 Å². The third-order valence-corrected chi connectivity index (χ3v) is 5.18. The quantitative estimate of drug-likeness (QED) is 0.644. The molecule has 2 heterocycles. The van der Waals surface area contributed by atoms with Crippen molar-refractivity contribution >= 4 is 15.9 Å². The Bertz CT molecular complexity index is 508. The van der Waals surface area contributed by atoms with E-state index in [0.717, 1.165) is 25.9 Å². The second-order valence-electron chi connectivity index (χ2n) is 5.87. The number of hydrazine groups is 1. The smallest absolute Gasteiger partial charge is 0.142 e. The minimum Gasteiger partial charge on any atom is -0.378 e. The van der Waals surface area contributed by atoms with Crippen LogP contribution in [-0.2, 0) is 9.47 Å². The highest BCUT2D eigenvalue weighted by molar-refractivity contribution is 9.10. The summed E-state index contributed by atoms with van der Waals surface area (Å²) in [6.45, 7) is 2.03. The largest absolute Gasteiger partial charge is 0.378 e. The van der Waals surface area contributed by atoms with E-state index in [1.807, 2.05) is 6.07 Å². The van der Waals surface area contributed by atoms with Gasteiger partial charge in [0.25, 0.3) is 0 Å². The zero-order valence-electron chi connectivity index (χ0n) is 11.8. The maximum Gasteiger partial charge on any atom is 0.142 e. The fourth-order valence-electron chi connectivity index (χ4n) is 3.45. The second kappa shape index (κ2) is 6.30. The molecule has 6 heteroatoms. The van der Waals surface area contributed by atoms with Crippen LogP contribution in [0.4, 0.5) is 4.39 Å². The van der Waals surface area contributed by atoms with Gasteiger partial charge in [0.15, 0.2) is 0 Å². The van der Waals surface area contributed by atoms with Crippen molar-refractivity contribution in [2.45, 2.75) is 30.9 Å². The fourth-order valence-corrected chi connectivity index (χ4v) is 3.84. The van der Waals surface area contributed by atoms with Gasteiger partial charge in [-0.15, -0.1) is 0 Å². The molecule has 0 aromatic heterocycles. The molecule has 2 saturated heterocycles. The lowest BCUT2D eigenvalue weighted by molar-refractivity contribution is -0.103. The molecule has 4 nitrogen and oxygen atoms in total. The first-order valence-electron chi connectivity index (χ1n) is 7.27. The number of nitrogens with two attached hydrogens (primary N) is 1. The van der Waals surface area contributed by atoms with Crippen molar-refractivity contribution in [3.8, 4) is 0 Å². The van der Waals surface area contributed by atoms with Gasteiger partial charge in [-0.25, -0.2) is 4.39 Å². The molecule has 3 N–H and O–H groups in total. The van der Waals surface area contributed by atoms with Gasteiger partial charge in [-0.2, -0.15) is 0 Å². The molecule has 3 unspecified atom stereocenters. The predicted molar refractivity (Wildman–Crippen MR) is 81.0 cm³/mol. The third kappa shape index (κ3) is 3.00. The van der Waals surface area contributed by atoms with E-state index in [-0.39, 0.29) is 23.4 Å². The monoisotopic (exact) mass is 358 g/mol.